The van der Waals surface area contributed by atoms with Gasteiger partial charge in [-0.2, -0.15) is 0 Å². The summed E-state index contributed by atoms with van der Waals surface area (Å²) in [5, 5.41) is 5.49. The van der Waals surface area contributed by atoms with Crippen molar-refractivity contribution in [2.45, 2.75) is 38.1 Å². The number of hydrogen-bond donors (Lipinski definition) is 0. The van der Waals surface area contributed by atoms with Gasteiger partial charge >= 0.3 is 0 Å². The number of nitrogens with zero attached hydrogens (tertiary/aromatic N) is 4. The molecule has 0 N–H and O–H groups in total. The first kappa shape index (κ1) is 27.8. The normalized spacial score (nSPS) is 20.4. The summed E-state index contributed by atoms with van der Waals surface area (Å²) in [6.45, 7) is 2.26. The predicted molar refractivity (Wildman–Crippen MR) is 193 cm³/mol. The average molecular weight is 607 g/mol. The Kier molecular flexibility index (Phi) is 6.74. The SMILES string of the molecule is CC1C=C(c2ccc3ccc4ccc([C@@H]5C=C(C6CC=c7ccc8ccc(-c9ccccc9)nc8c7=N6)C=CC5)nc4c3n2)C=CC1. The lowest BCUT2D eigenvalue weighted by molar-refractivity contribution is 0.739. The predicted octanol–water partition coefficient (Wildman–Crippen LogP) is 8.82. The highest BCUT2D eigenvalue weighted by atomic mass is 14.8. The van der Waals surface area contributed by atoms with Crippen LogP contribution < -0.4 is 10.6 Å². The fourth-order valence-corrected chi connectivity index (χ4v) is 7.21. The van der Waals surface area contributed by atoms with E-state index in [4.69, 9.17) is 19.9 Å². The molecule has 4 heteroatoms. The summed E-state index contributed by atoms with van der Waals surface area (Å²) < 4.78 is 0. The molecule has 3 aliphatic rings. The van der Waals surface area contributed by atoms with E-state index in [1.165, 1.54) is 11.1 Å². The largest absolute Gasteiger partial charge is 0.274 e. The number of fused-ring (bicyclic) bond motifs is 6. The van der Waals surface area contributed by atoms with Crippen molar-refractivity contribution in [1.82, 2.24) is 15.0 Å². The second kappa shape index (κ2) is 11.4. The topological polar surface area (TPSA) is 51.0 Å². The minimum atomic E-state index is 0.0408. The maximum absolute atomic E-state index is 5.36. The summed E-state index contributed by atoms with van der Waals surface area (Å²) in [6, 6.07) is 32.0. The van der Waals surface area contributed by atoms with Crippen LogP contribution in [0.2, 0.25) is 0 Å². The van der Waals surface area contributed by atoms with Gasteiger partial charge in [0.2, 0.25) is 0 Å². The van der Waals surface area contributed by atoms with E-state index in [0.29, 0.717) is 5.92 Å². The number of benzene rings is 3. The van der Waals surface area contributed by atoms with E-state index in [0.717, 1.165) is 85.2 Å². The van der Waals surface area contributed by atoms with Crippen molar-refractivity contribution < 1.29 is 0 Å². The molecule has 4 heterocycles. The van der Waals surface area contributed by atoms with E-state index < -0.39 is 0 Å². The summed E-state index contributed by atoms with van der Waals surface area (Å²) in [4.78, 5) is 20.9. The van der Waals surface area contributed by atoms with Gasteiger partial charge in [0, 0.05) is 33.3 Å². The molecule has 9 rings (SSSR count). The van der Waals surface area contributed by atoms with Crippen molar-refractivity contribution in [2.24, 2.45) is 10.9 Å². The van der Waals surface area contributed by atoms with Gasteiger partial charge in [0.05, 0.1) is 39.3 Å². The van der Waals surface area contributed by atoms with E-state index in [9.17, 15) is 0 Å². The van der Waals surface area contributed by atoms with Gasteiger partial charge in [0.1, 0.15) is 0 Å². The van der Waals surface area contributed by atoms with Crippen LogP contribution in [0.4, 0.5) is 0 Å². The molecule has 2 aliphatic carbocycles. The molecular weight excluding hydrogens is 573 g/mol. The minimum absolute atomic E-state index is 0.0408. The molecule has 47 heavy (non-hydrogen) atoms. The molecule has 0 bridgehead atoms. The number of rotatable bonds is 4. The van der Waals surface area contributed by atoms with Gasteiger partial charge in [0.15, 0.2) is 0 Å². The van der Waals surface area contributed by atoms with Crippen LogP contribution in [-0.2, 0) is 0 Å². The zero-order valence-corrected chi connectivity index (χ0v) is 26.3. The van der Waals surface area contributed by atoms with Gasteiger partial charge in [-0.3, -0.25) is 4.99 Å². The lowest BCUT2D eigenvalue weighted by Gasteiger charge is -2.22. The van der Waals surface area contributed by atoms with Gasteiger partial charge in [-0.1, -0.05) is 122 Å². The second-order valence-corrected chi connectivity index (χ2v) is 13.0. The molecule has 0 radical (unpaired) electrons. The second-order valence-electron chi connectivity index (χ2n) is 13.0. The Labute approximate surface area is 274 Å². The third-order valence-electron chi connectivity index (χ3n) is 9.75. The van der Waals surface area contributed by atoms with Crippen molar-refractivity contribution >= 4 is 44.4 Å². The van der Waals surface area contributed by atoms with Gasteiger partial charge in [0.25, 0.3) is 0 Å². The summed E-state index contributed by atoms with van der Waals surface area (Å²) in [6.07, 6.45) is 18.9. The maximum atomic E-state index is 5.36. The Morgan fingerprint density at radius 1 is 0.596 bits per heavy atom. The first-order chi connectivity index (χ1) is 23.2. The number of pyridine rings is 3. The Bertz CT molecular complexity index is 2470. The molecule has 0 saturated carbocycles. The van der Waals surface area contributed by atoms with Crippen LogP contribution in [0.3, 0.4) is 0 Å². The van der Waals surface area contributed by atoms with Crippen LogP contribution in [0.5, 0.6) is 0 Å². The highest BCUT2D eigenvalue weighted by Gasteiger charge is 2.21. The van der Waals surface area contributed by atoms with Crippen molar-refractivity contribution in [3.8, 4) is 11.3 Å². The van der Waals surface area contributed by atoms with E-state index in [1.54, 1.807) is 0 Å². The first-order valence-corrected chi connectivity index (χ1v) is 16.7. The first-order valence-electron chi connectivity index (χ1n) is 16.7. The van der Waals surface area contributed by atoms with Crippen molar-refractivity contribution in [3.63, 3.8) is 0 Å². The van der Waals surface area contributed by atoms with E-state index in [-0.39, 0.29) is 12.0 Å². The molecule has 0 amide bonds. The van der Waals surface area contributed by atoms with Gasteiger partial charge in [-0.25, -0.2) is 15.0 Å². The minimum Gasteiger partial charge on any atom is -0.274 e. The highest BCUT2D eigenvalue weighted by Crippen LogP contribution is 2.33. The molecule has 226 valence electrons. The zero-order chi connectivity index (χ0) is 31.3. The molecule has 3 atom stereocenters. The van der Waals surface area contributed by atoms with Gasteiger partial charge in [-0.15, -0.1) is 0 Å². The molecule has 2 unspecified atom stereocenters. The zero-order valence-electron chi connectivity index (χ0n) is 26.3. The molecule has 3 aromatic carbocycles. The van der Waals surface area contributed by atoms with Gasteiger partial charge < -0.3 is 0 Å². The summed E-state index contributed by atoms with van der Waals surface area (Å²) in [5.74, 6) is 0.698. The summed E-state index contributed by atoms with van der Waals surface area (Å²) in [5.41, 5.74) is 9.50. The van der Waals surface area contributed by atoms with E-state index in [1.807, 2.05) is 6.07 Å². The fraction of sp³-hybridized carbons (Fsp3) is 0.163. The molecule has 4 nitrogen and oxygen atoms in total. The third kappa shape index (κ3) is 5.11. The molecule has 0 fully saturated rings. The van der Waals surface area contributed by atoms with Crippen LogP contribution in [0, 0.1) is 5.92 Å². The summed E-state index contributed by atoms with van der Waals surface area (Å²) in [7, 11) is 0. The van der Waals surface area contributed by atoms with Gasteiger partial charge in [-0.05, 0) is 59.7 Å². The van der Waals surface area contributed by atoms with Crippen molar-refractivity contribution in [3.05, 3.63) is 155 Å². The van der Waals surface area contributed by atoms with E-state index in [2.05, 4.69) is 134 Å². The number of aromatic nitrogens is 3. The van der Waals surface area contributed by atoms with E-state index >= 15 is 0 Å². The maximum Gasteiger partial charge on any atom is 0.0972 e. The highest BCUT2D eigenvalue weighted by molar-refractivity contribution is 6.03. The Morgan fingerprint density at radius 3 is 2.15 bits per heavy atom. The van der Waals surface area contributed by atoms with Crippen LogP contribution >= 0.6 is 0 Å². The average Bonchev–Trinajstić information content (AvgIpc) is 3.14. The Hall–Kier alpha value is -5.48. The van der Waals surface area contributed by atoms with Crippen LogP contribution in [0.1, 0.15) is 43.5 Å². The number of allylic oxidation sites excluding steroid dienone is 6. The molecule has 3 aromatic heterocycles. The molecular formula is C43H34N4. The molecule has 6 aromatic rings. The van der Waals surface area contributed by atoms with Crippen LogP contribution in [0.15, 0.2) is 138 Å². The third-order valence-corrected chi connectivity index (χ3v) is 9.75. The standard InChI is InChI=1S/C43H34N4/c1-27-7-5-10-33(25-27)37-22-18-30-15-16-32-20-24-39(47-43(32)42(30)45-37)35-12-6-11-34(26-35)38-23-19-31-14-13-29-17-21-36(28-8-3-2-4-9-28)44-40(29)41(31)46-38/h2-6,8-11,13-22,24-27,35,38H,7,12,23H2,1H3/t27?,35-,38?/m0/s1. The smallest absolute Gasteiger partial charge is 0.0972 e. The lowest BCUT2D eigenvalue weighted by atomic mass is 9.88. The molecule has 0 saturated heterocycles. The fourth-order valence-electron chi connectivity index (χ4n) is 7.21. The van der Waals surface area contributed by atoms with Crippen LogP contribution in [-0.4, -0.2) is 21.0 Å². The monoisotopic (exact) mass is 606 g/mol. The van der Waals surface area contributed by atoms with Crippen molar-refractivity contribution in [1.29, 1.82) is 0 Å². The molecule has 1 aliphatic heterocycles. The quantitative estimate of drug-likeness (QED) is 0.189. The Morgan fingerprint density at radius 2 is 1.30 bits per heavy atom. The lowest BCUT2D eigenvalue weighted by Crippen LogP contribution is -2.33. The number of hydrogen-bond acceptors (Lipinski definition) is 4. The Balaban J connectivity index is 1.09. The molecule has 0 spiro atoms. The van der Waals surface area contributed by atoms with Crippen LogP contribution in [0.25, 0.3) is 55.6 Å². The summed E-state index contributed by atoms with van der Waals surface area (Å²) >= 11 is 0. The van der Waals surface area contributed by atoms with Crippen molar-refractivity contribution in [2.75, 3.05) is 0 Å².